The van der Waals surface area contributed by atoms with Gasteiger partial charge in [-0.25, -0.2) is 0 Å². The Kier molecular flexibility index (Phi) is 3.53. The van der Waals surface area contributed by atoms with Crippen LogP contribution in [0.25, 0.3) is 0 Å². The predicted octanol–water partition coefficient (Wildman–Crippen LogP) is 1.56. The van der Waals surface area contributed by atoms with Gasteiger partial charge in [-0.3, -0.25) is 4.79 Å². The third kappa shape index (κ3) is 2.65. The standard InChI is InChI=1S/C15H20N2O2/c18-14-11-19-15(7-4-9-16-10-8-15)12-17(14)13-5-2-1-3-6-13/h1-3,5-6,16H,4,7-12H2. The van der Waals surface area contributed by atoms with Crippen LogP contribution >= 0.6 is 0 Å². The molecule has 1 amide bonds. The summed E-state index contributed by atoms with van der Waals surface area (Å²) in [5.41, 5.74) is 0.820. The van der Waals surface area contributed by atoms with Gasteiger partial charge < -0.3 is 15.0 Å². The number of carbonyl (C=O) groups is 1. The smallest absolute Gasteiger partial charge is 0.253 e. The number of para-hydroxylation sites is 1. The van der Waals surface area contributed by atoms with Crippen LogP contribution in [-0.4, -0.2) is 37.7 Å². The Hall–Kier alpha value is -1.39. The van der Waals surface area contributed by atoms with Gasteiger partial charge in [-0.15, -0.1) is 0 Å². The molecule has 1 aromatic carbocycles. The van der Waals surface area contributed by atoms with Gasteiger partial charge in [0.2, 0.25) is 0 Å². The van der Waals surface area contributed by atoms with Crippen LogP contribution < -0.4 is 10.2 Å². The van der Waals surface area contributed by atoms with Crippen molar-refractivity contribution in [1.29, 1.82) is 0 Å². The molecule has 1 N–H and O–H groups in total. The van der Waals surface area contributed by atoms with E-state index in [4.69, 9.17) is 4.74 Å². The first-order valence-corrected chi connectivity index (χ1v) is 6.99. The fourth-order valence-electron chi connectivity index (χ4n) is 2.96. The number of ether oxygens (including phenoxy) is 1. The number of hydrogen-bond donors (Lipinski definition) is 1. The number of nitrogens with one attached hydrogen (secondary N) is 1. The van der Waals surface area contributed by atoms with Crippen molar-refractivity contribution in [1.82, 2.24) is 5.32 Å². The van der Waals surface area contributed by atoms with Gasteiger partial charge in [0, 0.05) is 5.69 Å². The SMILES string of the molecule is O=C1COC2(CCCNCC2)CN1c1ccccc1. The molecule has 3 rings (SSSR count). The highest BCUT2D eigenvalue weighted by molar-refractivity contribution is 5.95. The van der Waals surface area contributed by atoms with Crippen molar-refractivity contribution in [2.45, 2.75) is 24.9 Å². The summed E-state index contributed by atoms with van der Waals surface area (Å²) in [4.78, 5) is 14.0. The predicted molar refractivity (Wildman–Crippen MR) is 74.2 cm³/mol. The number of carbonyl (C=O) groups excluding carboxylic acids is 1. The zero-order valence-electron chi connectivity index (χ0n) is 11.1. The largest absolute Gasteiger partial charge is 0.363 e. The van der Waals surface area contributed by atoms with Crippen molar-refractivity contribution in [2.75, 3.05) is 31.1 Å². The first-order valence-electron chi connectivity index (χ1n) is 6.99. The topological polar surface area (TPSA) is 41.6 Å². The molecule has 2 aliphatic heterocycles. The van der Waals surface area contributed by atoms with E-state index in [-0.39, 0.29) is 18.1 Å². The average molecular weight is 260 g/mol. The molecule has 2 fully saturated rings. The van der Waals surface area contributed by atoms with Gasteiger partial charge in [0.05, 0.1) is 12.1 Å². The van der Waals surface area contributed by atoms with E-state index in [1.54, 1.807) is 0 Å². The fourth-order valence-corrected chi connectivity index (χ4v) is 2.96. The lowest BCUT2D eigenvalue weighted by molar-refractivity contribution is -0.139. The van der Waals surface area contributed by atoms with E-state index in [1.807, 2.05) is 35.2 Å². The Morgan fingerprint density at radius 2 is 2.00 bits per heavy atom. The quantitative estimate of drug-likeness (QED) is 0.833. The Balaban J connectivity index is 1.82. The number of nitrogens with zero attached hydrogens (tertiary/aromatic N) is 1. The van der Waals surface area contributed by atoms with E-state index in [9.17, 15) is 4.79 Å². The van der Waals surface area contributed by atoms with E-state index in [0.29, 0.717) is 6.54 Å². The minimum atomic E-state index is -0.159. The third-order valence-electron chi connectivity index (χ3n) is 4.06. The molecule has 0 aromatic heterocycles. The first kappa shape index (κ1) is 12.6. The molecule has 1 spiro atoms. The molecule has 2 heterocycles. The molecule has 0 bridgehead atoms. The summed E-state index contributed by atoms with van der Waals surface area (Å²) in [6, 6.07) is 9.90. The van der Waals surface area contributed by atoms with Crippen molar-refractivity contribution in [3.8, 4) is 0 Å². The minimum Gasteiger partial charge on any atom is -0.363 e. The number of anilines is 1. The molecule has 102 valence electrons. The minimum absolute atomic E-state index is 0.0639. The van der Waals surface area contributed by atoms with Gasteiger partial charge in [-0.05, 0) is 44.5 Å². The molecule has 19 heavy (non-hydrogen) atoms. The van der Waals surface area contributed by atoms with Crippen molar-refractivity contribution in [3.05, 3.63) is 30.3 Å². The molecule has 1 unspecified atom stereocenters. The molecule has 4 heteroatoms. The van der Waals surface area contributed by atoms with Gasteiger partial charge in [-0.1, -0.05) is 18.2 Å². The van der Waals surface area contributed by atoms with Gasteiger partial charge in [0.25, 0.3) is 5.91 Å². The molecular weight excluding hydrogens is 240 g/mol. The normalized spacial score (nSPS) is 28.4. The molecule has 1 aromatic rings. The molecule has 0 aliphatic carbocycles. The van der Waals surface area contributed by atoms with Crippen molar-refractivity contribution < 1.29 is 9.53 Å². The van der Waals surface area contributed by atoms with Gasteiger partial charge in [-0.2, -0.15) is 0 Å². The molecule has 0 radical (unpaired) electrons. The van der Waals surface area contributed by atoms with Crippen LogP contribution in [0.1, 0.15) is 19.3 Å². The summed E-state index contributed by atoms with van der Waals surface area (Å²) in [7, 11) is 0. The lowest BCUT2D eigenvalue weighted by Crippen LogP contribution is -2.55. The summed E-state index contributed by atoms with van der Waals surface area (Å²) in [6.45, 7) is 2.90. The molecule has 2 saturated heterocycles. The van der Waals surface area contributed by atoms with Crippen LogP contribution in [-0.2, 0) is 9.53 Å². The summed E-state index contributed by atoms with van der Waals surface area (Å²) < 4.78 is 5.92. The van der Waals surface area contributed by atoms with Gasteiger partial charge in [0.1, 0.15) is 6.61 Å². The molecule has 1 atom stereocenters. The molecule has 2 aliphatic rings. The zero-order chi connectivity index (χ0) is 13.1. The maximum absolute atomic E-state index is 12.1. The van der Waals surface area contributed by atoms with E-state index < -0.39 is 0 Å². The lowest BCUT2D eigenvalue weighted by atomic mass is 9.92. The highest BCUT2D eigenvalue weighted by atomic mass is 16.5. The summed E-state index contributed by atoms with van der Waals surface area (Å²) in [5, 5.41) is 3.40. The lowest BCUT2D eigenvalue weighted by Gasteiger charge is -2.42. The van der Waals surface area contributed by atoms with Crippen LogP contribution in [0.4, 0.5) is 5.69 Å². The Morgan fingerprint density at radius 1 is 1.16 bits per heavy atom. The van der Waals surface area contributed by atoms with E-state index in [1.165, 1.54) is 0 Å². The summed E-state index contributed by atoms with van der Waals surface area (Å²) >= 11 is 0. The highest BCUT2D eigenvalue weighted by Gasteiger charge is 2.40. The number of amides is 1. The van der Waals surface area contributed by atoms with Crippen molar-refractivity contribution >= 4 is 11.6 Å². The van der Waals surface area contributed by atoms with E-state index >= 15 is 0 Å². The second-order valence-corrected chi connectivity index (χ2v) is 5.39. The zero-order valence-corrected chi connectivity index (χ0v) is 11.1. The average Bonchev–Trinajstić information content (AvgIpc) is 2.69. The van der Waals surface area contributed by atoms with Crippen LogP contribution in [0.5, 0.6) is 0 Å². The van der Waals surface area contributed by atoms with Gasteiger partial charge in [0.15, 0.2) is 0 Å². The second-order valence-electron chi connectivity index (χ2n) is 5.39. The number of rotatable bonds is 1. The first-order chi connectivity index (χ1) is 9.29. The van der Waals surface area contributed by atoms with Crippen LogP contribution in [0.2, 0.25) is 0 Å². The Morgan fingerprint density at radius 3 is 2.84 bits per heavy atom. The Labute approximate surface area is 113 Å². The Bertz CT molecular complexity index is 439. The number of hydrogen-bond acceptors (Lipinski definition) is 3. The van der Waals surface area contributed by atoms with Crippen molar-refractivity contribution in [2.24, 2.45) is 0 Å². The maximum Gasteiger partial charge on any atom is 0.253 e. The van der Waals surface area contributed by atoms with Crippen LogP contribution in [0.15, 0.2) is 30.3 Å². The number of morpholine rings is 1. The van der Waals surface area contributed by atoms with Crippen LogP contribution in [0.3, 0.4) is 0 Å². The molecule has 4 nitrogen and oxygen atoms in total. The van der Waals surface area contributed by atoms with Crippen LogP contribution in [0, 0.1) is 0 Å². The number of benzene rings is 1. The molecule has 0 saturated carbocycles. The molecular formula is C15H20N2O2. The highest BCUT2D eigenvalue weighted by Crippen LogP contribution is 2.31. The van der Waals surface area contributed by atoms with E-state index in [0.717, 1.165) is 38.0 Å². The fraction of sp³-hybridized carbons (Fsp3) is 0.533. The third-order valence-corrected chi connectivity index (χ3v) is 4.06. The van der Waals surface area contributed by atoms with Gasteiger partial charge >= 0.3 is 0 Å². The van der Waals surface area contributed by atoms with Crippen molar-refractivity contribution in [3.63, 3.8) is 0 Å². The second kappa shape index (κ2) is 5.31. The summed E-state index contributed by atoms with van der Waals surface area (Å²) in [6.07, 6.45) is 3.11. The monoisotopic (exact) mass is 260 g/mol. The maximum atomic E-state index is 12.1. The summed E-state index contributed by atoms with van der Waals surface area (Å²) in [5.74, 6) is 0.0639. The van der Waals surface area contributed by atoms with E-state index in [2.05, 4.69) is 5.32 Å².